The van der Waals surface area contributed by atoms with Gasteiger partial charge in [-0.25, -0.2) is 0 Å². The molecule has 0 radical (unpaired) electrons. The molecule has 2 amide bonds. The number of nitrogens with one attached hydrogen (secondary N) is 1. The number of Topliss-reactive ketones (excluding diaryl/α,β-unsaturated/α-hetero) is 1. The second kappa shape index (κ2) is 8.25. The topological polar surface area (TPSA) is 75.7 Å². The van der Waals surface area contributed by atoms with Crippen molar-refractivity contribution in [1.82, 2.24) is 5.32 Å². The van der Waals surface area contributed by atoms with E-state index in [1.54, 1.807) is 54.4 Å². The van der Waals surface area contributed by atoms with Crippen LogP contribution in [0.25, 0.3) is 0 Å². The largest absolute Gasteiger partial charge is 0.491 e. The summed E-state index contributed by atoms with van der Waals surface area (Å²) in [5.74, 6) is 0.440. The Morgan fingerprint density at radius 2 is 1.79 bits per heavy atom. The molecule has 0 bridgehead atoms. The zero-order chi connectivity index (χ0) is 20.3. The molecule has 28 heavy (non-hydrogen) atoms. The van der Waals surface area contributed by atoms with Crippen molar-refractivity contribution in [3.8, 4) is 5.75 Å². The van der Waals surface area contributed by atoms with E-state index in [1.807, 2.05) is 13.8 Å². The Bertz CT molecular complexity index is 903. The maximum atomic E-state index is 12.4. The zero-order valence-corrected chi connectivity index (χ0v) is 16.3. The summed E-state index contributed by atoms with van der Waals surface area (Å²) in [6.07, 6.45) is 0.590. The van der Waals surface area contributed by atoms with Crippen LogP contribution in [0.5, 0.6) is 5.75 Å². The number of fused-ring (bicyclic) bond motifs is 1. The Labute approximate surface area is 164 Å². The van der Waals surface area contributed by atoms with Crippen LogP contribution in [-0.2, 0) is 11.2 Å². The summed E-state index contributed by atoms with van der Waals surface area (Å²) in [6.45, 7) is 4.13. The number of nitrogens with zero attached hydrogens (tertiary/aromatic N) is 1. The van der Waals surface area contributed by atoms with Gasteiger partial charge >= 0.3 is 0 Å². The van der Waals surface area contributed by atoms with Gasteiger partial charge in [0.15, 0.2) is 5.78 Å². The number of carbonyl (C=O) groups excluding carboxylic acids is 3. The van der Waals surface area contributed by atoms with Crippen LogP contribution >= 0.6 is 0 Å². The molecule has 146 valence electrons. The summed E-state index contributed by atoms with van der Waals surface area (Å²) in [7, 11) is 1.73. The Balaban J connectivity index is 1.52. The van der Waals surface area contributed by atoms with Gasteiger partial charge in [-0.3, -0.25) is 14.4 Å². The molecule has 2 aromatic carbocycles. The highest BCUT2D eigenvalue weighted by molar-refractivity contribution is 6.03. The monoisotopic (exact) mass is 380 g/mol. The first-order chi connectivity index (χ1) is 13.3. The van der Waals surface area contributed by atoms with Crippen molar-refractivity contribution >= 4 is 23.3 Å². The van der Waals surface area contributed by atoms with E-state index in [4.69, 9.17) is 4.74 Å². The number of ether oxygens (including phenoxy) is 1. The molecule has 1 N–H and O–H groups in total. The van der Waals surface area contributed by atoms with Crippen LogP contribution in [0.3, 0.4) is 0 Å². The van der Waals surface area contributed by atoms with Gasteiger partial charge in [-0.2, -0.15) is 0 Å². The SMILES string of the molecule is CC(C)Oc1ccc(C(=O)NCCC(=O)c2ccc3c(c2)CC(=O)N3C)cc1. The number of rotatable bonds is 7. The summed E-state index contributed by atoms with van der Waals surface area (Å²) < 4.78 is 5.56. The summed E-state index contributed by atoms with van der Waals surface area (Å²) in [5, 5.41) is 2.76. The summed E-state index contributed by atoms with van der Waals surface area (Å²) in [4.78, 5) is 38.0. The van der Waals surface area contributed by atoms with Crippen LogP contribution in [-0.4, -0.2) is 37.3 Å². The molecular formula is C22H24N2O4. The zero-order valence-electron chi connectivity index (χ0n) is 16.3. The first-order valence-corrected chi connectivity index (χ1v) is 9.32. The molecule has 0 fully saturated rings. The number of amides is 2. The van der Waals surface area contributed by atoms with Crippen molar-refractivity contribution in [3.63, 3.8) is 0 Å². The lowest BCUT2D eigenvalue weighted by molar-refractivity contribution is -0.117. The van der Waals surface area contributed by atoms with Gasteiger partial charge in [0, 0.05) is 36.8 Å². The lowest BCUT2D eigenvalue weighted by Gasteiger charge is -2.11. The average Bonchev–Trinajstić information content (AvgIpc) is 2.95. The normalized spacial score (nSPS) is 12.9. The van der Waals surface area contributed by atoms with E-state index in [9.17, 15) is 14.4 Å². The smallest absolute Gasteiger partial charge is 0.251 e. The Hall–Kier alpha value is -3.15. The second-order valence-corrected chi connectivity index (χ2v) is 7.09. The highest BCUT2D eigenvalue weighted by atomic mass is 16.5. The van der Waals surface area contributed by atoms with Crippen molar-refractivity contribution < 1.29 is 19.1 Å². The Kier molecular flexibility index (Phi) is 5.78. The molecule has 2 aromatic rings. The van der Waals surface area contributed by atoms with E-state index < -0.39 is 0 Å². The van der Waals surface area contributed by atoms with E-state index in [0.717, 1.165) is 11.3 Å². The van der Waals surface area contributed by atoms with Gasteiger partial charge in [0.1, 0.15) is 5.75 Å². The highest BCUT2D eigenvalue weighted by Gasteiger charge is 2.24. The molecule has 6 heteroatoms. The molecule has 0 aliphatic carbocycles. The van der Waals surface area contributed by atoms with Crippen LogP contribution in [0.15, 0.2) is 42.5 Å². The number of likely N-dealkylation sites (N-methyl/N-ethyl adjacent to an activating group) is 1. The third kappa shape index (κ3) is 4.39. The van der Waals surface area contributed by atoms with Crippen molar-refractivity contribution in [1.29, 1.82) is 0 Å². The van der Waals surface area contributed by atoms with Crippen LogP contribution in [0.1, 0.15) is 46.5 Å². The van der Waals surface area contributed by atoms with E-state index in [2.05, 4.69) is 5.32 Å². The minimum absolute atomic E-state index is 0.0247. The fraction of sp³-hybridized carbons (Fsp3) is 0.318. The van der Waals surface area contributed by atoms with Crippen LogP contribution in [0.2, 0.25) is 0 Å². The van der Waals surface area contributed by atoms with Gasteiger partial charge in [0.05, 0.1) is 12.5 Å². The molecule has 1 aliphatic rings. The maximum Gasteiger partial charge on any atom is 0.251 e. The van der Waals surface area contributed by atoms with Gasteiger partial charge in [0.25, 0.3) is 5.91 Å². The fourth-order valence-corrected chi connectivity index (χ4v) is 3.14. The van der Waals surface area contributed by atoms with E-state index in [1.165, 1.54) is 0 Å². The van der Waals surface area contributed by atoms with Gasteiger partial charge in [-0.15, -0.1) is 0 Å². The summed E-state index contributed by atoms with van der Waals surface area (Å²) >= 11 is 0. The van der Waals surface area contributed by atoms with E-state index >= 15 is 0 Å². The van der Waals surface area contributed by atoms with Crippen LogP contribution < -0.4 is 15.0 Å². The maximum absolute atomic E-state index is 12.4. The molecule has 3 rings (SSSR count). The minimum atomic E-state index is -0.231. The van der Waals surface area contributed by atoms with Gasteiger partial charge in [-0.1, -0.05) is 0 Å². The summed E-state index contributed by atoms with van der Waals surface area (Å²) in [5.41, 5.74) is 2.79. The number of hydrogen-bond donors (Lipinski definition) is 1. The molecule has 6 nitrogen and oxygen atoms in total. The Morgan fingerprint density at radius 3 is 2.46 bits per heavy atom. The van der Waals surface area contributed by atoms with Gasteiger partial charge in [-0.05, 0) is 61.9 Å². The van der Waals surface area contributed by atoms with Crippen molar-refractivity contribution in [2.24, 2.45) is 0 Å². The number of hydrogen-bond acceptors (Lipinski definition) is 4. The minimum Gasteiger partial charge on any atom is -0.491 e. The highest BCUT2D eigenvalue weighted by Crippen LogP contribution is 2.28. The predicted molar refractivity (Wildman–Crippen MR) is 107 cm³/mol. The number of benzene rings is 2. The molecule has 0 atom stereocenters. The Morgan fingerprint density at radius 1 is 1.11 bits per heavy atom. The van der Waals surface area contributed by atoms with E-state index in [0.29, 0.717) is 23.3 Å². The number of carbonyl (C=O) groups is 3. The molecule has 0 saturated carbocycles. The molecule has 0 aromatic heterocycles. The van der Waals surface area contributed by atoms with Crippen LogP contribution in [0.4, 0.5) is 5.69 Å². The van der Waals surface area contributed by atoms with Crippen molar-refractivity contribution in [3.05, 3.63) is 59.2 Å². The quantitative estimate of drug-likeness (QED) is 0.750. The standard InChI is InChI=1S/C22H24N2O4/c1-14(2)28-18-7-4-15(5-8-18)22(27)23-11-10-20(25)16-6-9-19-17(12-16)13-21(26)24(19)3/h4-9,12,14H,10-11,13H2,1-3H3,(H,23,27). The molecule has 0 unspecified atom stereocenters. The lowest BCUT2D eigenvalue weighted by Crippen LogP contribution is -2.26. The van der Waals surface area contributed by atoms with Crippen molar-refractivity contribution in [2.75, 3.05) is 18.5 Å². The van der Waals surface area contributed by atoms with Crippen molar-refractivity contribution in [2.45, 2.75) is 32.8 Å². The van der Waals surface area contributed by atoms with E-state index in [-0.39, 0.29) is 36.7 Å². The number of anilines is 1. The molecule has 0 saturated heterocycles. The third-order valence-corrected chi connectivity index (χ3v) is 4.60. The second-order valence-electron chi connectivity index (χ2n) is 7.09. The predicted octanol–water partition coefficient (Wildman–Crippen LogP) is 3.00. The molecule has 1 heterocycles. The first kappa shape index (κ1) is 19.6. The first-order valence-electron chi connectivity index (χ1n) is 9.32. The third-order valence-electron chi connectivity index (χ3n) is 4.60. The average molecular weight is 380 g/mol. The van der Waals surface area contributed by atoms with Gasteiger partial charge < -0.3 is 15.0 Å². The van der Waals surface area contributed by atoms with Gasteiger partial charge in [0.2, 0.25) is 5.91 Å². The fourth-order valence-electron chi connectivity index (χ4n) is 3.14. The summed E-state index contributed by atoms with van der Waals surface area (Å²) in [6, 6.07) is 12.2. The number of ketones is 1. The molecular weight excluding hydrogens is 356 g/mol. The molecule has 0 spiro atoms. The molecule has 1 aliphatic heterocycles. The van der Waals surface area contributed by atoms with Crippen LogP contribution in [0, 0.1) is 0 Å². The lowest BCUT2D eigenvalue weighted by atomic mass is 10.0.